The smallest absolute Gasteiger partial charge is 0.168 e. The number of hydrogen-bond donors (Lipinski definition) is 0. The summed E-state index contributed by atoms with van der Waals surface area (Å²) in [5.74, 6) is 2.17. The SMILES string of the molecule is COc1c2c(c(C#N)c3c1OC(C)C3)OC(C)C2. The molecule has 1 aromatic carbocycles. The van der Waals surface area contributed by atoms with Crippen LogP contribution >= 0.6 is 0 Å². The van der Waals surface area contributed by atoms with Gasteiger partial charge in [0.05, 0.1) is 7.11 Å². The highest BCUT2D eigenvalue weighted by molar-refractivity contribution is 5.69. The lowest BCUT2D eigenvalue weighted by atomic mass is 9.97. The van der Waals surface area contributed by atoms with Crippen LogP contribution in [0.15, 0.2) is 0 Å². The zero-order valence-electron chi connectivity index (χ0n) is 10.7. The van der Waals surface area contributed by atoms with E-state index in [-0.39, 0.29) is 12.2 Å². The fourth-order valence-corrected chi connectivity index (χ4v) is 2.81. The molecule has 3 rings (SSSR count). The second kappa shape index (κ2) is 3.81. The van der Waals surface area contributed by atoms with Crippen LogP contribution in [0.5, 0.6) is 17.2 Å². The van der Waals surface area contributed by atoms with Crippen molar-refractivity contribution >= 4 is 0 Å². The Morgan fingerprint density at radius 3 is 2.33 bits per heavy atom. The molecule has 0 saturated carbocycles. The van der Waals surface area contributed by atoms with Crippen LogP contribution in [0, 0.1) is 11.3 Å². The molecular formula is C14H15NO3. The first-order chi connectivity index (χ1) is 8.65. The molecule has 0 radical (unpaired) electrons. The minimum atomic E-state index is 0.0842. The maximum absolute atomic E-state index is 9.38. The third kappa shape index (κ3) is 1.37. The molecule has 1 aromatic rings. The van der Waals surface area contributed by atoms with Crippen molar-refractivity contribution in [2.45, 2.75) is 38.9 Å². The molecule has 2 unspecified atom stereocenters. The zero-order valence-corrected chi connectivity index (χ0v) is 10.7. The van der Waals surface area contributed by atoms with Gasteiger partial charge in [-0.25, -0.2) is 0 Å². The Kier molecular flexibility index (Phi) is 2.37. The molecule has 2 atom stereocenters. The first-order valence-corrected chi connectivity index (χ1v) is 6.14. The molecule has 0 N–H and O–H groups in total. The lowest BCUT2D eigenvalue weighted by molar-refractivity contribution is 0.242. The van der Waals surface area contributed by atoms with Gasteiger partial charge in [-0.3, -0.25) is 0 Å². The Morgan fingerprint density at radius 2 is 1.72 bits per heavy atom. The fourth-order valence-electron chi connectivity index (χ4n) is 2.81. The van der Waals surface area contributed by atoms with Gasteiger partial charge in [0.2, 0.25) is 0 Å². The van der Waals surface area contributed by atoms with Crippen LogP contribution in [0.3, 0.4) is 0 Å². The van der Waals surface area contributed by atoms with Gasteiger partial charge in [0, 0.05) is 24.0 Å². The molecular weight excluding hydrogens is 230 g/mol. The summed E-state index contributed by atoms with van der Waals surface area (Å²) in [6, 6.07) is 2.26. The van der Waals surface area contributed by atoms with E-state index in [1.807, 2.05) is 13.8 Å². The van der Waals surface area contributed by atoms with Crippen molar-refractivity contribution in [1.29, 1.82) is 5.26 Å². The van der Waals surface area contributed by atoms with Gasteiger partial charge in [-0.15, -0.1) is 0 Å². The zero-order chi connectivity index (χ0) is 12.9. The second-order valence-electron chi connectivity index (χ2n) is 4.90. The Balaban J connectivity index is 2.29. The van der Waals surface area contributed by atoms with Gasteiger partial charge in [-0.1, -0.05) is 0 Å². The van der Waals surface area contributed by atoms with E-state index < -0.39 is 0 Å². The molecule has 2 aliphatic rings. The van der Waals surface area contributed by atoms with Crippen molar-refractivity contribution in [2.24, 2.45) is 0 Å². The predicted molar refractivity (Wildman–Crippen MR) is 65.3 cm³/mol. The number of benzene rings is 1. The maximum Gasteiger partial charge on any atom is 0.168 e. The molecule has 18 heavy (non-hydrogen) atoms. The van der Waals surface area contributed by atoms with Crippen molar-refractivity contribution in [2.75, 3.05) is 7.11 Å². The van der Waals surface area contributed by atoms with Crippen LogP contribution in [-0.4, -0.2) is 19.3 Å². The normalized spacial score (nSPS) is 23.7. The average Bonchev–Trinajstić information content (AvgIpc) is 2.87. The van der Waals surface area contributed by atoms with Gasteiger partial charge in [-0.2, -0.15) is 5.26 Å². The maximum atomic E-state index is 9.38. The van der Waals surface area contributed by atoms with E-state index in [0.717, 1.165) is 35.5 Å². The van der Waals surface area contributed by atoms with Crippen LogP contribution in [0.4, 0.5) is 0 Å². The van der Waals surface area contributed by atoms with E-state index in [0.29, 0.717) is 11.3 Å². The molecule has 0 aliphatic carbocycles. The molecule has 0 spiro atoms. The summed E-state index contributed by atoms with van der Waals surface area (Å²) in [6.45, 7) is 3.99. The quantitative estimate of drug-likeness (QED) is 0.761. The molecule has 0 bridgehead atoms. The van der Waals surface area contributed by atoms with Crippen molar-refractivity contribution in [3.63, 3.8) is 0 Å². The summed E-state index contributed by atoms with van der Waals surface area (Å²) < 4.78 is 17.1. The first kappa shape index (κ1) is 11.2. The third-order valence-electron chi connectivity index (χ3n) is 3.49. The van der Waals surface area contributed by atoms with E-state index in [4.69, 9.17) is 14.2 Å². The minimum absolute atomic E-state index is 0.0842. The number of methoxy groups -OCH3 is 1. The molecule has 2 aliphatic heterocycles. The molecule has 0 aromatic heterocycles. The minimum Gasteiger partial charge on any atom is -0.492 e. The van der Waals surface area contributed by atoms with Crippen LogP contribution in [-0.2, 0) is 12.8 Å². The van der Waals surface area contributed by atoms with Crippen LogP contribution in [0.1, 0.15) is 30.5 Å². The van der Waals surface area contributed by atoms with Crippen molar-refractivity contribution in [3.05, 3.63) is 16.7 Å². The summed E-state index contributed by atoms with van der Waals surface area (Å²) in [6.07, 6.45) is 1.67. The Morgan fingerprint density at radius 1 is 1.11 bits per heavy atom. The number of rotatable bonds is 1. The van der Waals surface area contributed by atoms with E-state index >= 15 is 0 Å². The van der Waals surface area contributed by atoms with Crippen LogP contribution in [0.2, 0.25) is 0 Å². The highest BCUT2D eigenvalue weighted by atomic mass is 16.5. The van der Waals surface area contributed by atoms with E-state index in [9.17, 15) is 5.26 Å². The highest BCUT2D eigenvalue weighted by Crippen LogP contribution is 2.50. The summed E-state index contributed by atoms with van der Waals surface area (Å²) in [4.78, 5) is 0. The molecule has 94 valence electrons. The third-order valence-corrected chi connectivity index (χ3v) is 3.49. The van der Waals surface area contributed by atoms with Crippen LogP contribution < -0.4 is 14.2 Å². The van der Waals surface area contributed by atoms with Crippen molar-refractivity contribution in [1.82, 2.24) is 0 Å². The van der Waals surface area contributed by atoms with Gasteiger partial charge in [0.1, 0.15) is 29.6 Å². The summed E-state index contributed by atoms with van der Waals surface area (Å²) in [5, 5.41) is 9.38. The molecule has 4 heteroatoms. The summed E-state index contributed by atoms with van der Waals surface area (Å²) in [5.41, 5.74) is 2.51. The standard InChI is InChI=1S/C14H15NO3/c1-7-4-9-11(6-15)12-10(5-8(2)17-12)13(16-3)14(9)18-7/h7-8H,4-5H2,1-3H3. The van der Waals surface area contributed by atoms with Gasteiger partial charge in [-0.05, 0) is 13.8 Å². The van der Waals surface area contributed by atoms with Gasteiger partial charge < -0.3 is 14.2 Å². The van der Waals surface area contributed by atoms with E-state index in [1.165, 1.54) is 0 Å². The number of nitrogens with zero attached hydrogens (tertiary/aromatic N) is 1. The Hall–Kier alpha value is -1.89. The van der Waals surface area contributed by atoms with Gasteiger partial charge in [0.15, 0.2) is 11.5 Å². The van der Waals surface area contributed by atoms with Crippen molar-refractivity contribution < 1.29 is 14.2 Å². The summed E-state index contributed by atoms with van der Waals surface area (Å²) in [7, 11) is 1.64. The number of fused-ring (bicyclic) bond motifs is 2. The molecule has 0 amide bonds. The largest absolute Gasteiger partial charge is 0.492 e. The van der Waals surface area contributed by atoms with E-state index in [2.05, 4.69) is 6.07 Å². The van der Waals surface area contributed by atoms with Gasteiger partial charge in [0.25, 0.3) is 0 Å². The first-order valence-electron chi connectivity index (χ1n) is 6.14. The average molecular weight is 245 g/mol. The highest BCUT2D eigenvalue weighted by Gasteiger charge is 2.36. The van der Waals surface area contributed by atoms with Gasteiger partial charge >= 0.3 is 0 Å². The van der Waals surface area contributed by atoms with Crippen LogP contribution in [0.25, 0.3) is 0 Å². The number of nitriles is 1. The Labute approximate surface area is 106 Å². The topological polar surface area (TPSA) is 51.5 Å². The predicted octanol–water partition coefficient (Wildman–Crippen LogP) is 2.21. The lowest BCUT2D eigenvalue weighted by Crippen LogP contribution is -2.07. The monoisotopic (exact) mass is 245 g/mol. The molecule has 4 nitrogen and oxygen atoms in total. The molecule has 0 fully saturated rings. The molecule has 2 heterocycles. The lowest BCUT2D eigenvalue weighted by Gasteiger charge is -2.13. The van der Waals surface area contributed by atoms with E-state index in [1.54, 1.807) is 7.11 Å². The fraction of sp³-hybridized carbons (Fsp3) is 0.500. The summed E-state index contributed by atoms with van der Waals surface area (Å²) >= 11 is 0. The second-order valence-corrected chi connectivity index (χ2v) is 4.90. The Bertz CT molecular complexity index is 520. The number of hydrogen-bond acceptors (Lipinski definition) is 4. The molecule has 0 saturated heterocycles. The number of ether oxygens (including phenoxy) is 3. The van der Waals surface area contributed by atoms with Crippen molar-refractivity contribution in [3.8, 4) is 23.3 Å².